The van der Waals surface area contributed by atoms with Crippen molar-refractivity contribution in [1.29, 1.82) is 0 Å². The molecule has 30 heavy (non-hydrogen) atoms. The minimum atomic E-state index is 0.0691. The molecule has 1 aliphatic rings. The fourth-order valence-electron chi connectivity index (χ4n) is 3.88. The van der Waals surface area contributed by atoms with E-state index in [1.807, 2.05) is 70.1 Å². The predicted molar refractivity (Wildman–Crippen MR) is 117 cm³/mol. The molecule has 1 aliphatic heterocycles. The van der Waals surface area contributed by atoms with E-state index in [4.69, 9.17) is 4.42 Å². The van der Waals surface area contributed by atoms with E-state index in [9.17, 15) is 4.79 Å². The van der Waals surface area contributed by atoms with Gasteiger partial charge in [-0.15, -0.1) is 10.2 Å². The molecule has 6 nitrogen and oxygen atoms in total. The molecule has 150 valence electrons. The lowest BCUT2D eigenvalue weighted by atomic mass is 10.1. The molecule has 1 unspecified atom stereocenters. The quantitative estimate of drug-likeness (QED) is 0.445. The van der Waals surface area contributed by atoms with Crippen molar-refractivity contribution in [2.45, 2.75) is 24.5 Å². The van der Waals surface area contributed by atoms with Crippen LogP contribution in [0.15, 0.2) is 82.6 Å². The standard InChI is InChI=1S/C23H20N4O2S/c1-16-14-17-8-5-6-11-19(17)26(16)21(28)15-30-23-25-24-22(20-12-7-13-29-20)27(23)18-9-3-2-4-10-18/h2-13,16H,14-15H2,1H3. The number of carbonyl (C=O) groups is 1. The van der Waals surface area contributed by atoms with E-state index in [1.165, 1.54) is 17.3 Å². The van der Waals surface area contributed by atoms with Gasteiger partial charge in [-0.1, -0.05) is 48.2 Å². The van der Waals surface area contributed by atoms with Crippen molar-refractivity contribution in [1.82, 2.24) is 14.8 Å². The molecule has 4 aromatic rings. The van der Waals surface area contributed by atoms with Crippen LogP contribution in [0.5, 0.6) is 0 Å². The Hall–Kier alpha value is -3.32. The highest BCUT2D eigenvalue weighted by Crippen LogP contribution is 2.33. The van der Waals surface area contributed by atoms with Crippen molar-refractivity contribution in [2.24, 2.45) is 0 Å². The zero-order chi connectivity index (χ0) is 20.5. The van der Waals surface area contributed by atoms with Gasteiger partial charge >= 0.3 is 0 Å². The number of para-hydroxylation sites is 2. The number of nitrogens with zero attached hydrogens (tertiary/aromatic N) is 4. The molecule has 0 bridgehead atoms. The lowest BCUT2D eigenvalue weighted by Crippen LogP contribution is -2.37. The highest BCUT2D eigenvalue weighted by molar-refractivity contribution is 7.99. The lowest BCUT2D eigenvalue weighted by Gasteiger charge is -2.22. The summed E-state index contributed by atoms with van der Waals surface area (Å²) in [6.45, 7) is 2.09. The van der Waals surface area contributed by atoms with Crippen LogP contribution in [-0.4, -0.2) is 32.5 Å². The minimum absolute atomic E-state index is 0.0691. The van der Waals surface area contributed by atoms with E-state index < -0.39 is 0 Å². The first kappa shape index (κ1) is 18.7. The average molecular weight is 417 g/mol. The number of hydrogen-bond acceptors (Lipinski definition) is 5. The van der Waals surface area contributed by atoms with Gasteiger partial charge in [0.2, 0.25) is 11.7 Å². The molecule has 0 radical (unpaired) electrons. The fourth-order valence-corrected chi connectivity index (χ4v) is 4.69. The summed E-state index contributed by atoms with van der Waals surface area (Å²) in [5.41, 5.74) is 3.15. The number of benzene rings is 2. The first-order valence-corrected chi connectivity index (χ1v) is 10.8. The maximum Gasteiger partial charge on any atom is 0.237 e. The summed E-state index contributed by atoms with van der Waals surface area (Å²) in [7, 11) is 0. The summed E-state index contributed by atoms with van der Waals surface area (Å²) in [4.78, 5) is 15.0. The topological polar surface area (TPSA) is 64.2 Å². The molecule has 1 amide bonds. The summed E-state index contributed by atoms with van der Waals surface area (Å²) in [5.74, 6) is 1.59. The molecule has 0 saturated carbocycles. The van der Waals surface area contributed by atoms with Crippen LogP contribution >= 0.6 is 11.8 Å². The van der Waals surface area contributed by atoms with E-state index >= 15 is 0 Å². The van der Waals surface area contributed by atoms with Crippen LogP contribution in [0.2, 0.25) is 0 Å². The third-order valence-electron chi connectivity index (χ3n) is 5.19. The summed E-state index contributed by atoms with van der Waals surface area (Å²) >= 11 is 1.39. The molecule has 0 saturated heterocycles. The molecule has 7 heteroatoms. The van der Waals surface area contributed by atoms with Crippen molar-refractivity contribution in [3.05, 3.63) is 78.6 Å². The van der Waals surface area contributed by atoms with E-state index in [2.05, 4.69) is 23.2 Å². The van der Waals surface area contributed by atoms with Gasteiger partial charge in [-0.25, -0.2) is 0 Å². The van der Waals surface area contributed by atoms with Crippen molar-refractivity contribution < 1.29 is 9.21 Å². The van der Waals surface area contributed by atoms with Gasteiger partial charge in [0.05, 0.1) is 12.0 Å². The van der Waals surface area contributed by atoms with Gasteiger partial charge < -0.3 is 9.32 Å². The molecular weight excluding hydrogens is 396 g/mol. The maximum atomic E-state index is 13.1. The third kappa shape index (κ3) is 3.31. The fraction of sp³-hybridized carbons (Fsp3) is 0.174. The Morgan fingerprint density at radius 2 is 1.87 bits per heavy atom. The predicted octanol–water partition coefficient (Wildman–Crippen LogP) is 4.60. The highest BCUT2D eigenvalue weighted by Gasteiger charge is 2.31. The SMILES string of the molecule is CC1Cc2ccccc2N1C(=O)CSc1nnc(-c2ccco2)n1-c1ccccc1. The average Bonchev–Trinajstić information content (AvgIpc) is 3.50. The molecule has 2 aromatic carbocycles. The van der Waals surface area contributed by atoms with Crippen molar-refractivity contribution in [3.63, 3.8) is 0 Å². The molecule has 2 aromatic heterocycles. The lowest BCUT2D eigenvalue weighted by molar-refractivity contribution is -0.116. The number of amides is 1. The van der Waals surface area contributed by atoms with Crippen LogP contribution < -0.4 is 4.90 Å². The molecular formula is C23H20N4O2S. The Labute approximate surface area is 178 Å². The molecule has 5 rings (SSSR count). The maximum absolute atomic E-state index is 13.1. The van der Waals surface area contributed by atoms with Gasteiger partial charge in [-0.2, -0.15) is 0 Å². The molecule has 0 N–H and O–H groups in total. The molecule has 3 heterocycles. The van der Waals surface area contributed by atoms with Crippen molar-refractivity contribution >= 4 is 23.4 Å². The van der Waals surface area contributed by atoms with E-state index in [-0.39, 0.29) is 17.7 Å². The Morgan fingerprint density at radius 3 is 2.67 bits per heavy atom. The third-order valence-corrected chi connectivity index (χ3v) is 6.10. The van der Waals surface area contributed by atoms with Crippen molar-refractivity contribution in [3.8, 4) is 17.3 Å². The first-order chi connectivity index (χ1) is 14.7. The van der Waals surface area contributed by atoms with Gasteiger partial charge in [-0.3, -0.25) is 9.36 Å². The van der Waals surface area contributed by atoms with E-state index in [0.717, 1.165) is 17.8 Å². The van der Waals surface area contributed by atoms with Gasteiger partial charge in [-0.05, 0) is 49.2 Å². The molecule has 0 aliphatic carbocycles. The number of aromatic nitrogens is 3. The molecule has 0 spiro atoms. The second-order valence-corrected chi connectivity index (χ2v) is 8.13. The summed E-state index contributed by atoms with van der Waals surface area (Å²) in [5, 5.41) is 9.34. The van der Waals surface area contributed by atoms with Gasteiger partial charge in [0.25, 0.3) is 0 Å². The largest absolute Gasteiger partial charge is 0.461 e. The first-order valence-electron chi connectivity index (χ1n) is 9.80. The van der Waals surface area contributed by atoms with E-state index in [1.54, 1.807) is 6.26 Å². The van der Waals surface area contributed by atoms with Gasteiger partial charge in [0, 0.05) is 17.4 Å². The number of rotatable bonds is 5. The Bertz CT molecular complexity index is 1170. The number of thioether (sulfide) groups is 1. The number of fused-ring (bicyclic) bond motifs is 1. The van der Waals surface area contributed by atoms with Crippen LogP contribution in [0.3, 0.4) is 0 Å². The van der Waals surface area contributed by atoms with Crippen LogP contribution in [0.1, 0.15) is 12.5 Å². The normalized spacial score (nSPS) is 15.4. The number of furan rings is 1. The minimum Gasteiger partial charge on any atom is -0.461 e. The Morgan fingerprint density at radius 1 is 1.07 bits per heavy atom. The summed E-state index contributed by atoms with van der Waals surface area (Å²) in [6.07, 6.45) is 2.50. The van der Waals surface area contributed by atoms with Crippen LogP contribution in [0.25, 0.3) is 17.3 Å². The zero-order valence-corrected chi connectivity index (χ0v) is 17.2. The number of hydrogen-bond donors (Lipinski definition) is 0. The molecule has 0 fully saturated rings. The second kappa shape index (κ2) is 7.84. The number of anilines is 1. The Kier molecular flexibility index (Phi) is 4.88. The van der Waals surface area contributed by atoms with Crippen LogP contribution in [-0.2, 0) is 11.2 Å². The van der Waals surface area contributed by atoms with Gasteiger partial charge in [0.1, 0.15) is 0 Å². The number of carbonyl (C=O) groups excluding carboxylic acids is 1. The monoisotopic (exact) mass is 416 g/mol. The molecule has 1 atom stereocenters. The van der Waals surface area contributed by atoms with Crippen molar-refractivity contribution in [2.75, 3.05) is 10.7 Å². The smallest absolute Gasteiger partial charge is 0.237 e. The zero-order valence-electron chi connectivity index (χ0n) is 16.4. The second-order valence-electron chi connectivity index (χ2n) is 7.19. The van der Waals surface area contributed by atoms with Gasteiger partial charge in [0.15, 0.2) is 10.9 Å². The summed E-state index contributed by atoms with van der Waals surface area (Å²) < 4.78 is 7.48. The highest BCUT2D eigenvalue weighted by atomic mass is 32.2. The Balaban J connectivity index is 1.43. The van der Waals surface area contributed by atoms with Crippen LogP contribution in [0.4, 0.5) is 5.69 Å². The van der Waals surface area contributed by atoms with Crippen LogP contribution in [0, 0.1) is 0 Å². The summed E-state index contributed by atoms with van der Waals surface area (Å²) in [6, 6.07) is 21.8. The van der Waals surface area contributed by atoms with E-state index in [0.29, 0.717) is 16.7 Å².